The van der Waals surface area contributed by atoms with Crippen LogP contribution in [0.4, 0.5) is 0 Å². The summed E-state index contributed by atoms with van der Waals surface area (Å²) in [6.45, 7) is 5.45. The van der Waals surface area contributed by atoms with Gasteiger partial charge >= 0.3 is 5.97 Å². The zero-order valence-electron chi connectivity index (χ0n) is 13.4. The number of nitrogens with one attached hydrogen (secondary N) is 2. The average molecular weight is 316 g/mol. The van der Waals surface area contributed by atoms with E-state index in [4.69, 9.17) is 0 Å². The van der Waals surface area contributed by atoms with Crippen LogP contribution in [0.3, 0.4) is 0 Å². The minimum atomic E-state index is -1.15. The molecule has 7 heteroatoms. The van der Waals surface area contributed by atoms with Gasteiger partial charge in [-0.25, -0.2) is 4.79 Å². The summed E-state index contributed by atoms with van der Waals surface area (Å²) < 4.78 is 0. The van der Waals surface area contributed by atoms with Gasteiger partial charge in [0, 0.05) is 28.7 Å². The molecule has 2 rings (SSSR count). The van der Waals surface area contributed by atoms with Crippen molar-refractivity contribution in [1.82, 2.24) is 20.5 Å². The minimum absolute atomic E-state index is 0.397. The van der Waals surface area contributed by atoms with Gasteiger partial charge in [0.05, 0.1) is 5.69 Å². The summed E-state index contributed by atoms with van der Waals surface area (Å²) in [5, 5.41) is 18.7. The third-order valence-electron chi connectivity index (χ3n) is 3.58. The number of nitrogens with zero attached hydrogens (tertiary/aromatic N) is 2. The van der Waals surface area contributed by atoms with E-state index in [1.54, 1.807) is 32.2 Å². The number of hydrogen-bond donors (Lipinski definition) is 3. The van der Waals surface area contributed by atoms with Crippen molar-refractivity contribution in [2.45, 2.75) is 39.7 Å². The van der Waals surface area contributed by atoms with Crippen LogP contribution in [0.25, 0.3) is 0 Å². The molecule has 2 heterocycles. The van der Waals surface area contributed by atoms with Crippen molar-refractivity contribution in [3.05, 3.63) is 46.5 Å². The number of carboxylic acids is 1. The van der Waals surface area contributed by atoms with Gasteiger partial charge in [-0.1, -0.05) is 13.3 Å². The second-order valence-electron chi connectivity index (χ2n) is 5.38. The van der Waals surface area contributed by atoms with Gasteiger partial charge in [0.2, 0.25) is 0 Å². The molecule has 0 fully saturated rings. The first kappa shape index (κ1) is 16.7. The van der Waals surface area contributed by atoms with Crippen LogP contribution in [-0.2, 0) is 11.2 Å². The lowest BCUT2D eigenvalue weighted by Gasteiger charge is -2.15. The number of H-pyrrole nitrogens is 1. The van der Waals surface area contributed by atoms with E-state index in [-0.39, 0.29) is 0 Å². The van der Waals surface area contributed by atoms with Crippen LogP contribution < -0.4 is 5.32 Å². The average Bonchev–Trinajstić information content (AvgIpc) is 2.84. The number of amides is 1. The molecule has 1 atom stereocenters. The maximum atomic E-state index is 12.4. The predicted molar refractivity (Wildman–Crippen MR) is 84.1 cm³/mol. The van der Waals surface area contributed by atoms with E-state index in [0.717, 1.165) is 18.5 Å². The van der Waals surface area contributed by atoms with Crippen molar-refractivity contribution >= 4 is 11.9 Å². The lowest BCUT2D eigenvalue weighted by molar-refractivity contribution is -0.139. The molecular weight excluding hydrogens is 296 g/mol. The fraction of sp³-hybridized carbons (Fsp3) is 0.375. The van der Waals surface area contributed by atoms with Gasteiger partial charge in [-0.3, -0.25) is 14.9 Å². The molecule has 0 aliphatic carbocycles. The third kappa shape index (κ3) is 3.74. The van der Waals surface area contributed by atoms with Crippen molar-refractivity contribution in [2.75, 3.05) is 0 Å². The van der Waals surface area contributed by atoms with Crippen LogP contribution in [0.2, 0.25) is 0 Å². The first-order valence-electron chi connectivity index (χ1n) is 7.44. The Morgan fingerprint density at radius 1 is 1.39 bits per heavy atom. The molecule has 0 spiro atoms. The topological polar surface area (TPSA) is 108 Å². The Balaban J connectivity index is 2.25. The number of aromatic nitrogens is 3. The van der Waals surface area contributed by atoms with E-state index in [0.29, 0.717) is 22.5 Å². The maximum Gasteiger partial charge on any atom is 0.331 e. The number of carboxylic acid groups (broad SMARTS) is 1. The molecule has 0 saturated heterocycles. The summed E-state index contributed by atoms with van der Waals surface area (Å²) in [4.78, 5) is 28.2. The highest BCUT2D eigenvalue weighted by molar-refractivity contribution is 5.97. The number of aryl methyl sites for hydroxylation is 3. The number of aliphatic carboxylic acids is 1. The van der Waals surface area contributed by atoms with Gasteiger partial charge in [-0.2, -0.15) is 5.10 Å². The molecular formula is C16H20N4O3. The van der Waals surface area contributed by atoms with Gasteiger partial charge in [0.15, 0.2) is 6.04 Å². The summed E-state index contributed by atoms with van der Waals surface area (Å²) >= 11 is 0. The highest BCUT2D eigenvalue weighted by atomic mass is 16.4. The Morgan fingerprint density at radius 2 is 2.13 bits per heavy atom. The normalized spacial score (nSPS) is 12.0. The summed E-state index contributed by atoms with van der Waals surface area (Å²) in [6.07, 6.45) is 3.25. The third-order valence-corrected chi connectivity index (χ3v) is 3.58. The standard InChI is InChI=1S/C16H20N4O3/c1-4-5-12-8-11(6-7-17-12)15(21)18-14(16(22)23)13-9(2)19-20-10(13)3/h6-8,14H,4-5H2,1-3H3,(H,18,21)(H,19,20)(H,22,23)/t14-/m0/s1. The molecule has 7 nitrogen and oxygen atoms in total. The summed E-state index contributed by atoms with van der Waals surface area (Å²) in [5.41, 5.74) is 2.86. The Hall–Kier alpha value is -2.70. The van der Waals surface area contributed by atoms with E-state index >= 15 is 0 Å². The first-order chi connectivity index (χ1) is 10.9. The summed E-state index contributed by atoms with van der Waals surface area (Å²) in [5.74, 6) is -1.58. The zero-order valence-corrected chi connectivity index (χ0v) is 13.4. The highest BCUT2D eigenvalue weighted by Crippen LogP contribution is 2.20. The predicted octanol–water partition coefficient (Wildman–Crippen LogP) is 1.93. The van der Waals surface area contributed by atoms with E-state index in [2.05, 4.69) is 20.5 Å². The lowest BCUT2D eigenvalue weighted by Crippen LogP contribution is -2.34. The maximum absolute atomic E-state index is 12.4. The Morgan fingerprint density at radius 3 is 2.70 bits per heavy atom. The van der Waals surface area contributed by atoms with Crippen LogP contribution in [0.5, 0.6) is 0 Å². The van der Waals surface area contributed by atoms with Gasteiger partial charge in [0.25, 0.3) is 5.91 Å². The Bertz CT molecular complexity index is 704. The van der Waals surface area contributed by atoms with E-state index in [1.165, 1.54) is 0 Å². The number of carbonyl (C=O) groups excluding carboxylic acids is 1. The van der Waals surface area contributed by atoms with Crippen LogP contribution in [-0.4, -0.2) is 32.2 Å². The summed E-state index contributed by atoms with van der Waals surface area (Å²) in [7, 11) is 0. The fourth-order valence-electron chi connectivity index (χ4n) is 2.47. The van der Waals surface area contributed by atoms with Gasteiger partial charge in [-0.05, 0) is 32.4 Å². The highest BCUT2D eigenvalue weighted by Gasteiger charge is 2.27. The molecule has 2 aromatic rings. The molecule has 0 bridgehead atoms. The number of hydrogen-bond acceptors (Lipinski definition) is 4. The van der Waals surface area contributed by atoms with Crippen molar-refractivity contribution in [2.24, 2.45) is 0 Å². The van der Waals surface area contributed by atoms with Crippen molar-refractivity contribution in [3.63, 3.8) is 0 Å². The second-order valence-corrected chi connectivity index (χ2v) is 5.38. The molecule has 0 saturated carbocycles. The smallest absolute Gasteiger partial charge is 0.331 e. The monoisotopic (exact) mass is 316 g/mol. The van der Waals surface area contributed by atoms with Crippen molar-refractivity contribution in [1.29, 1.82) is 0 Å². The molecule has 0 unspecified atom stereocenters. The van der Waals surface area contributed by atoms with Crippen molar-refractivity contribution in [3.8, 4) is 0 Å². The molecule has 0 aliphatic heterocycles. The number of rotatable bonds is 6. The first-order valence-corrected chi connectivity index (χ1v) is 7.44. The molecule has 0 aromatic carbocycles. The zero-order chi connectivity index (χ0) is 17.0. The van der Waals surface area contributed by atoms with Gasteiger partial charge < -0.3 is 10.4 Å². The molecule has 3 N–H and O–H groups in total. The van der Waals surface area contributed by atoms with Crippen LogP contribution in [0.1, 0.15) is 52.4 Å². The van der Waals surface area contributed by atoms with Crippen LogP contribution >= 0.6 is 0 Å². The number of carbonyl (C=O) groups is 2. The van der Waals surface area contributed by atoms with Crippen LogP contribution in [0.15, 0.2) is 18.3 Å². The van der Waals surface area contributed by atoms with E-state index < -0.39 is 17.9 Å². The van der Waals surface area contributed by atoms with Gasteiger partial charge in [-0.15, -0.1) is 0 Å². The summed E-state index contributed by atoms with van der Waals surface area (Å²) in [6, 6.07) is 2.11. The quantitative estimate of drug-likeness (QED) is 0.754. The molecule has 2 aromatic heterocycles. The molecule has 1 amide bonds. The van der Waals surface area contributed by atoms with Gasteiger partial charge in [0.1, 0.15) is 0 Å². The molecule has 23 heavy (non-hydrogen) atoms. The second kappa shape index (κ2) is 7.04. The van der Waals surface area contributed by atoms with Crippen LogP contribution in [0, 0.1) is 13.8 Å². The molecule has 122 valence electrons. The van der Waals surface area contributed by atoms with Crippen molar-refractivity contribution < 1.29 is 14.7 Å². The molecule has 0 aliphatic rings. The van der Waals surface area contributed by atoms with E-state index in [9.17, 15) is 14.7 Å². The fourth-order valence-corrected chi connectivity index (χ4v) is 2.47. The lowest BCUT2D eigenvalue weighted by atomic mass is 10.0. The largest absolute Gasteiger partial charge is 0.479 e. The van der Waals surface area contributed by atoms with E-state index in [1.807, 2.05) is 6.92 Å². The Kier molecular flexibility index (Phi) is 5.10. The Labute approximate surface area is 134 Å². The number of pyridine rings is 1. The number of aromatic amines is 1. The molecule has 0 radical (unpaired) electrons. The SMILES string of the molecule is CCCc1cc(C(=O)N[C@H](C(=O)O)c2c(C)n[nH]c2C)ccn1. The minimum Gasteiger partial charge on any atom is -0.479 e.